The van der Waals surface area contributed by atoms with Crippen molar-refractivity contribution in [1.82, 2.24) is 20.8 Å². The van der Waals surface area contributed by atoms with E-state index in [1.807, 2.05) is 20.8 Å². The van der Waals surface area contributed by atoms with Crippen LogP contribution in [0.1, 0.15) is 20.8 Å². The van der Waals surface area contributed by atoms with E-state index in [1.54, 1.807) is 6.07 Å². The van der Waals surface area contributed by atoms with E-state index in [2.05, 4.69) is 31.7 Å². The molecule has 1 heterocycles. The standard InChI is InChI=1S/C16H19Cl2N7O4/c1-16(2,3)24-23-15-13(25(27)28)14(19-8-20-15)22-21-12(26)7-29-11-5-4-9(17)6-10(11)18/h4-6,8,24H,7H2,1-3H3,(H,21,26)(H2,19,20,22,23). The van der Waals surface area contributed by atoms with Crippen molar-refractivity contribution >= 4 is 46.4 Å². The minimum atomic E-state index is -0.675. The summed E-state index contributed by atoms with van der Waals surface area (Å²) in [5.74, 6) is -0.632. The Balaban J connectivity index is 2.01. The van der Waals surface area contributed by atoms with Gasteiger partial charge in [-0.3, -0.25) is 31.2 Å². The van der Waals surface area contributed by atoms with Gasteiger partial charge in [0.1, 0.15) is 12.1 Å². The number of halogens is 2. The van der Waals surface area contributed by atoms with Crippen molar-refractivity contribution in [1.29, 1.82) is 0 Å². The summed E-state index contributed by atoms with van der Waals surface area (Å²) in [6.07, 6.45) is 1.11. The predicted octanol–water partition coefficient (Wildman–Crippen LogP) is 2.93. The summed E-state index contributed by atoms with van der Waals surface area (Å²) in [6.45, 7) is 5.18. The van der Waals surface area contributed by atoms with Crippen LogP contribution in [0.15, 0.2) is 24.5 Å². The number of carbonyl (C=O) groups is 1. The van der Waals surface area contributed by atoms with Crippen LogP contribution in [0.2, 0.25) is 10.0 Å². The van der Waals surface area contributed by atoms with Gasteiger partial charge in [-0.1, -0.05) is 23.2 Å². The van der Waals surface area contributed by atoms with Crippen molar-refractivity contribution in [3.05, 3.63) is 44.7 Å². The van der Waals surface area contributed by atoms with Crippen molar-refractivity contribution < 1.29 is 14.5 Å². The van der Waals surface area contributed by atoms with Crippen molar-refractivity contribution in [3.63, 3.8) is 0 Å². The van der Waals surface area contributed by atoms with E-state index < -0.39 is 23.1 Å². The quantitative estimate of drug-likeness (QED) is 0.357. The molecule has 29 heavy (non-hydrogen) atoms. The highest BCUT2D eigenvalue weighted by atomic mass is 35.5. The lowest BCUT2D eigenvalue weighted by molar-refractivity contribution is -0.383. The van der Waals surface area contributed by atoms with Crippen molar-refractivity contribution in [3.8, 4) is 5.75 Å². The number of hydrogen-bond acceptors (Lipinski definition) is 9. The first-order chi connectivity index (χ1) is 13.6. The van der Waals surface area contributed by atoms with Crippen molar-refractivity contribution in [2.45, 2.75) is 26.3 Å². The molecule has 0 saturated heterocycles. The Morgan fingerprint density at radius 1 is 1.21 bits per heavy atom. The summed E-state index contributed by atoms with van der Waals surface area (Å²) in [5.41, 5.74) is 9.39. The monoisotopic (exact) mass is 443 g/mol. The van der Waals surface area contributed by atoms with Gasteiger partial charge >= 0.3 is 5.69 Å². The lowest BCUT2D eigenvalue weighted by Crippen LogP contribution is -2.40. The largest absolute Gasteiger partial charge is 0.482 e. The molecule has 2 aromatic rings. The molecule has 156 valence electrons. The SMILES string of the molecule is CC(C)(C)NNc1ncnc(NNC(=O)COc2ccc(Cl)cc2Cl)c1[N+](=O)[O-]. The third kappa shape index (κ3) is 6.89. The van der Waals surface area contributed by atoms with Gasteiger partial charge in [0.15, 0.2) is 6.61 Å². The summed E-state index contributed by atoms with van der Waals surface area (Å²) in [6, 6.07) is 4.54. The summed E-state index contributed by atoms with van der Waals surface area (Å²) in [4.78, 5) is 30.4. The highest BCUT2D eigenvalue weighted by Crippen LogP contribution is 2.28. The fraction of sp³-hybridized carbons (Fsp3) is 0.312. The fourth-order valence-corrected chi connectivity index (χ4v) is 2.34. The zero-order valence-corrected chi connectivity index (χ0v) is 17.3. The number of carbonyl (C=O) groups excluding carboxylic acids is 1. The summed E-state index contributed by atoms with van der Waals surface area (Å²) >= 11 is 11.8. The number of aromatic nitrogens is 2. The van der Waals surface area contributed by atoms with Crippen LogP contribution in [-0.4, -0.2) is 32.9 Å². The summed E-state index contributed by atoms with van der Waals surface area (Å²) < 4.78 is 5.29. The second kappa shape index (κ2) is 9.54. The lowest BCUT2D eigenvalue weighted by atomic mass is 10.1. The molecule has 11 nitrogen and oxygen atoms in total. The first-order valence-corrected chi connectivity index (χ1v) is 8.97. The second-order valence-electron chi connectivity index (χ2n) is 6.71. The number of amides is 1. The Bertz CT molecular complexity index is 905. The number of hydrazine groups is 2. The zero-order chi connectivity index (χ0) is 21.6. The number of nitrogens with zero attached hydrogens (tertiary/aromatic N) is 3. The number of ether oxygens (including phenoxy) is 1. The Morgan fingerprint density at radius 2 is 1.86 bits per heavy atom. The third-order valence-corrected chi connectivity index (χ3v) is 3.66. The second-order valence-corrected chi connectivity index (χ2v) is 7.56. The molecule has 13 heteroatoms. The topological polar surface area (TPSA) is 143 Å². The van der Waals surface area contributed by atoms with Crippen LogP contribution in [0.4, 0.5) is 17.3 Å². The van der Waals surface area contributed by atoms with Crippen LogP contribution >= 0.6 is 23.2 Å². The first-order valence-electron chi connectivity index (χ1n) is 8.22. The lowest BCUT2D eigenvalue weighted by Gasteiger charge is -2.21. The number of anilines is 2. The molecule has 0 aliphatic carbocycles. The number of nitrogens with one attached hydrogen (secondary N) is 4. The maximum absolute atomic E-state index is 12.0. The molecule has 0 fully saturated rings. The van der Waals surface area contributed by atoms with Crippen molar-refractivity contribution in [2.75, 3.05) is 17.5 Å². The Morgan fingerprint density at radius 3 is 2.45 bits per heavy atom. The maximum Gasteiger partial charge on any atom is 0.356 e. The number of nitro groups is 1. The normalized spacial score (nSPS) is 10.9. The van der Waals surface area contributed by atoms with E-state index in [-0.39, 0.29) is 27.9 Å². The predicted molar refractivity (Wildman–Crippen MR) is 109 cm³/mol. The van der Waals surface area contributed by atoms with E-state index in [9.17, 15) is 14.9 Å². The van der Waals surface area contributed by atoms with Gasteiger partial charge in [-0.25, -0.2) is 15.4 Å². The molecule has 1 aromatic heterocycles. The molecule has 1 aromatic carbocycles. The molecule has 0 aliphatic rings. The molecule has 0 atom stereocenters. The first kappa shape index (κ1) is 22.4. The van der Waals surface area contributed by atoms with Crippen LogP contribution in [0, 0.1) is 10.1 Å². The molecule has 2 rings (SSSR count). The fourth-order valence-electron chi connectivity index (χ4n) is 1.88. The summed E-state index contributed by atoms with van der Waals surface area (Å²) in [7, 11) is 0. The number of hydrogen-bond donors (Lipinski definition) is 4. The van der Waals surface area contributed by atoms with Crippen LogP contribution < -0.4 is 26.4 Å². The molecule has 1 amide bonds. The Hall–Kier alpha value is -2.89. The Labute approximate surface area is 176 Å². The van der Waals surface area contributed by atoms with Crippen LogP contribution in [0.3, 0.4) is 0 Å². The molecule has 0 radical (unpaired) electrons. The zero-order valence-electron chi connectivity index (χ0n) is 15.7. The summed E-state index contributed by atoms with van der Waals surface area (Å²) in [5, 5.41) is 12.1. The average molecular weight is 444 g/mol. The van der Waals surface area contributed by atoms with E-state index >= 15 is 0 Å². The van der Waals surface area contributed by atoms with E-state index in [0.29, 0.717) is 5.02 Å². The molecular weight excluding hydrogens is 425 g/mol. The van der Waals surface area contributed by atoms with Gasteiger partial charge in [0.05, 0.1) is 9.95 Å². The van der Waals surface area contributed by atoms with Crippen molar-refractivity contribution in [2.24, 2.45) is 0 Å². The number of benzene rings is 1. The average Bonchev–Trinajstić information content (AvgIpc) is 2.63. The van der Waals surface area contributed by atoms with Gasteiger partial charge in [-0.15, -0.1) is 0 Å². The van der Waals surface area contributed by atoms with E-state index in [0.717, 1.165) is 6.33 Å². The van der Waals surface area contributed by atoms with Gasteiger partial charge in [-0.05, 0) is 39.0 Å². The van der Waals surface area contributed by atoms with Gasteiger partial charge in [0.2, 0.25) is 11.6 Å². The molecule has 0 spiro atoms. The van der Waals surface area contributed by atoms with Gasteiger partial charge < -0.3 is 4.74 Å². The maximum atomic E-state index is 12.0. The molecule has 0 bridgehead atoms. The molecule has 4 N–H and O–H groups in total. The van der Waals surface area contributed by atoms with Gasteiger partial charge in [0, 0.05) is 10.6 Å². The highest BCUT2D eigenvalue weighted by molar-refractivity contribution is 6.35. The minimum absolute atomic E-state index is 0.0686. The highest BCUT2D eigenvalue weighted by Gasteiger charge is 2.24. The van der Waals surface area contributed by atoms with Crippen LogP contribution in [-0.2, 0) is 4.79 Å². The van der Waals surface area contributed by atoms with Crippen LogP contribution in [0.25, 0.3) is 0 Å². The third-order valence-electron chi connectivity index (χ3n) is 3.13. The molecule has 0 aliphatic heterocycles. The minimum Gasteiger partial charge on any atom is -0.482 e. The van der Waals surface area contributed by atoms with Crippen LogP contribution in [0.5, 0.6) is 5.75 Å². The van der Waals surface area contributed by atoms with Gasteiger partial charge in [-0.2, -0.15) is 0 Å². The van der Waals surface area contributed by atoms with E-state index in [1.165, 1.54) is 12.1 Å². The van der Waals surface area contributed by atoms with Gasteiger partial charge in [0.25, 0.3) is 5.91 Å². The molecule has 0 saturated carbocycles. The Kier molecular flexibility index (Phi) is 7.37. The van der Waals surface area contributed by atoms with E-state index in [4.69, 9.17) is 27.9 Å². The molecule has 0 unspecified atom stereocenters. The smallest absolute Gasteiger partial charge is 0.356 e. The molecular formula is C16H19Cl2N7O4. The number of rotatable bonds is 8.